The number of hydrogen-bond acceptors (Lipinski definition) is 5. The Hall–Kier alpha value is -1.38. The van der Waals surface area contributed by atoms with E-state index in [1.165, 1.54) is 13.2 Å². The fourth-order valence-electron chi connectivity index (χ4n) is 1.64. The van der Waals surface area contributed by atoms with E-state index in [0.29, 0.717) is 6.42 Å². The Morgan fingerprint density at radius 1 is 1.40 bits per heavy atom. The van der Waals surface area contributed by atoms with Crippen LogP contribution in [0.3, 0.4) is 0 Å². The fourth-order valence-corrected chi connectivity index (χ4v) is 2.76. The molecular formula is C12H20FN3O3S. The summed E-state index contributed by atoms with van der Waals surface area (Å²) < 4.78 is 44.8. The zero-order chi connectivity index (χ0) is 15.3. The van der Waals surface area contributed by atoms with Gasteiger partial charge in [0.2, 0.25) is 10.0 Å². The van der Waals surface area contributed by atoms with Gasteiger partial charge in [0.05, 0.1) is 17.7 Å². The molecule has 0 aliphatic heterocycles. The summed E-state index contributed by atoms with van der Waals surface area (Å²) in [5.74, 6) is -0.960. The first-order chi connectivity index (χ1) is 9.27. The van der Waals surface area contributed by atoms with E-state index < -0.39 is 15.8 Å². The lowest BCUT2D eigenvalue weighted by molar-refractivity contribution is 0.388. The first-order valence-electron chi connectivity index (χ1n) is 6.05. The predicted octanol–water partition coefficient (Wildman–Crippen LogP) is 0.646. The highest BCUT2D eigenvalue weighted by molar-refractivity contribution is 7.89. The molecule has 1 aromatic rings. The molecule has 0 unspecified atom stereocenters. The number of methoxy groups -OCH3 is 1. The molecule has 0 atom stereocenters. The minimum Gasteiger partial charge on any atom is -0.492 e. The number of sulfonamides is 1. The summed E-state index contributed by atoms with van der Waals surface area (Å²) in [5, 5.41) is 0. The van der Waals surface area contributed by atoms with Crippen LogP contribution in [0.4, 0.5) is 10.1 Å². The van der Waals surface area contributed by atoms with Crippen molar-refractivity contribution in [2.75, 3.05) is 40.0 Å². The Kier molecular flexibility index (Phi) is 5.73. The lowest BCUT2D eigenvalue weighted by Crippen LogP contribution is -2.27. The lowest BCUT2D eigenvalue weighted by atomic mass is 10.3. The van der Waals surface area contributed by atoms with Crippen molar-refractivity contribution in [2.45, 2.75) is 11.3 Å². The Morgan fingerprint density at radius 2 is 2.05 bits per heavy atom. The molecule has 0 saturated heterocycles. The predicted molar refractivity (Wildman–Crippen MR) is 75.7 cm³/mol. The molecule has 0 saturated carbocycles. The van der Waals surface area contributed by atoms with Gasteiger partial charge >= 0.3 is 0 Å². The van der Waals surface area contributed by atoms with Crippen LogP contribution in [0.25, 0.3) is 0 Å². The average molecular weight is 305 g/mol. The number of hydrogen-bond donors (Lipinski definition) is 2. The third-order valence-electron chi connectivity index (χ3n) is 2.63. The van der Waals surface area contributed by atoms with Crippen molar-refractivity contribution in [2.24, 2.45) is 0 Å². The molecular weight excluding hydrogens is 285 g/mol. The van der Waals surface area contributed by atoms with Gasteiger partial charge in [0, 0.05) is 6.54 Å². The summed E-state index contributed by atoms with van der Waals surface area (Å²) in [6.45, 7) is 1.02. The molecule has 8 heteroatoms. The van der Waals surface area contributed by atoms with Crippen LogP contribution >= 0.6 is 0 Å². The van der Waals surface area contributed by atoms with Crippen LogP contribution < -0.4 is 15.2 Å². The molecule has 20 heavy (non-hydrogen) atoms. The second-order valence-corrected chi connectivity index (χ2v) is 6.35. The van der Waals surface area contributed by atoms with Crippen molar-refractivity contribution < 1.29 is 17.5 Å². The number of ether oxygens (including phenoxy) is 1. The standard InChI is InChI=1S/C12H20FN3O3S/c1-16(2)6-4-5-15-20(17,18)9-7-10(13)12(19-3)11(14)8-9/h7-8,15H,4-6,14H2,1-3H3. The molecule has 1 rings (SSSR count). The number of halogens is 1. The van der Waals surface area contributed by atoms with E-state index in [-0.39, 0.29) is 22.9 Å². The number of nitrogens with one attached hydrogen (secondary N) is 1. The largest absolute Gasteiger partial charge is 0.492 e. The minimum absolute atomic E-state index is 0.0545. The number of benzene rings is 1. The zero-order valence-corrected chi connectivity index (χ0v) is 12.6. The van der Waals surface area contributed by atoms with E-state index in [1.54, 1.807) is 0 Å². The van der Waals surface area contributed by atoms with Gasteiger partial charge in [-0.1, -0.05) is 0 Å². The van der Waals surface area contributed by atoms with Crippen LogP contribution in [-0.2, 0) is 10.0 Å². The summed E-state index contributed by atoms with van der Waals surface area (Å²) in [5.41, 5.74) is 5.51. The summed E-state index contributed by atoms with van der Waals surface area (Å²) >= 11 is 0. The van der Waals surface area contributed by atoms with Crippen LogP contribution in [0.2, 0.25) is 0 Å². The molecule has 114 valence electrons. The number of rotatable bonds is 7. The maximum absolute atomic E-state index is 13.6. The molecule has 0 aromatic heterocycles. The second kappa shape index (κ2) is 6.87. The van der Waals surface area contributed by atoms with Crippen molar-refractivity contribution in [3.63, 3.8) is 0 Å². The highest BCUT2D eigenvalue weighted by Gasteiger charge is 2.18. The maximum atomic E-state index is 13.6. The van der Waals surface area contributed by atoms with Crippen molar-refractivity contribution in [1.82, 2.24) is 9.62 Å². The Balaban J connectivity index is 2.83. The number of anilines is 1. The van der Waals surface area contributed by atoms with Crippen LogP contribution in [0.5, 0.6) is 5.75 Å². The minimum atomic E-state index is -3.77. The second-order valence-electron chi connectivity index (χ2n) is 4.58. The summed E-state index contributed by atoms with van der Waals surface area (Å²) in [6.07, 6.45) is 0.653. The highest BCUT2D eigenvalue weighted by Crippen LogP contribution is 2.28. The average Bonchev–Trinajstić information content (AvgIpc) is 2.34. The molecule has 6 nitrogen and oxygen atoms in total. The Morgan fingerprint density at radius 3 is 2.55 bits per heavy atom. The maximum Gasteiger partial charge on any atom is 0.240 e. The van der Waals surface area contributed by atoms with Crippen molar-refractivity contribution in [3.8, 4) is 5.75 Å². The third-order valence-corrected chi connectivity index (χ3v) is 4.07. The van der Waals surface area contributed by atoms with Gasteiger partial charge in [-0.05, 0) is 39.2 Å². The molecule has 0 aliphatic carbocycles. The topological polar surface area (TPSA) is 84.7 Å². The molecule has 3 N–H and O–H groups in total. The SMILES string of the molecule is COc1c(N)cc(S(=O)(=O)NCCCN(C)C)cc1F. The van der Waals surface area contributed by atoms with Gasteiger partial charge < -0.3 is 15.4 Å². The van der Waals surface area contributed by atoms with Crippen LogP contribution in [0.15, 0.2) is 17.0 Å². The van der Waals surface area contributed by atoms with Crippen molar-refractivity contribution in [3.05, 3.63) is 17.9 Å². The fraction of sp³-hybridized carbons (Fsp3) is 0.500. The molecule has 0 radical (unpaired) electrons. The van der Waals surface area contributed by atoms with E-state index in [1.807, 2.05) is 19.0 Å². The highest BCUT2D eigenvalue weighted by atomic mass is 32.2. The van der Waals surface area contributed by atoms with E-state index in [0.717, 1.165) is 12.6 Å². The number of nitrogen functional groups attached to an aromatic ring is 1. The van der Waals surface area contributed by atoms with Crippen LogP contribution in [0.1, 0.15) is 6.42 Å². The van der Waals surface area contributed by atoms with E-state index >= 15 is 0 Å². The summed E-state index contributed by atoms with van der Waals surface area (Å²) in [7, 11) is 1.29. The smallest absolute Gasteiger partial charge is 0.240 e. The Labute approximate surface area is 118 Å². The summed E-state index contributed by atoms with van der Waals surface area (Å²) in [4.78, 5) is 1.73. The monoisotopic (exact) mass is 305 g/mol. The summed E-state index contributed by atoms with van der Waals surface area (Å²) in [6, 6.07) is 2.07. The van der Waals surface area contributed by atoms with Gasteiger partial charge in [-0.15, -0.1) is 0 Å². The third kappa shape index (κ3) is 4.32. The van der Waals surface area contributed by atoms with Crippen molar-refractivity contribution >= 4 is 15.7 Å². The molecule has 0 heterocycles. The number of nitrogens with two attached hydrogens (primary N) is 1. The number of nitrogens with zero attached hydrogens (tertiary/aromatic N) is 1. The Bertz CT molecular complexity index is 538. The van der Waals surface area contributed by atoms with Gasteiger partial charge in [0.1, 0.15) is 0 Å². The molecule has 0 amide bonds. The molecule has 0 bridgehead atoms. The van der Waals surface area contributed by atoms with Crippen LogP contribution in [0, 0.1) is 5.82 Å². The molecule has 0 aliphatic rings. The van der Waals surface area contributed by atoms with Gasteiger partial charge in [-0.2, -0.15) is 0 Å². The molecule has 1 aromatic carbocycles. The normalized spacial score (nSPS) is 11.8. The zero-order valence-electron chi connectivity index (χ0n) is 11.8. The lowest BCUT2D eigenvalue weighted by Gasteiger charge is -2.12. The van der Waals surface area contributed by atoms with Crippen molar-refractivity contribution in [1.29, 1.82) is 0 Å². The van der Waals surface area contributed by atoms with Gasteiger partial charge in [0.25, 0.3) is 0 Å². The van der Waals surface area contributed by atoms with Crippen LogP contribution in [-0.4, -0.2) is 47.6 Å². The quantitative estimate of drug-likeness (QED) is 0.570. The van der Waals surface area contributed by atoms with Gasteiger partial charge in [-0.25, -0.2) is 17.5 Å². The van der Waals surface area contributed by atoms with Gasteiger partial charge in [-0.3, -0.25) is 0 Å². The first kappa shape index (κ1) is 16.7. The molecule has 0 fully saturated rings. The first-order valence-corrected chi connectivity index (χ1v) is 7.53. The van der Waals surface area contributed by atoms with E-state index in [4.69, 9.17) is 10.5 Å². The molecule has 0 spiro atoms. The van der Waals surface area contributed by atoms with E-state index in [9.17, 15) is 12.8 Å². The van der Waals surface area contributed by atoms with E-state index in [2.05, 4.69) is 4.72 Å². The van der Waals surface area contributed by atoms with Gasteiger partial charge in [0.15, 0.2) is 11.6 Å².